The van der Waals surface area contributed by atoms with E-state index in [1.165, 1.54) is 0 Å². The van der Waals surface area contributed by atoms with E-state index in [0.717, 1.165) is 35.6 Å². The van der Waals surface area contributed by atoms with Gasteiger partial charge in [0.2, 0.25) is 5.91 Å². The number of nitrogens with one attached hydrogen (secondary N) is 1. The molecule has 1 N–H and O–H groups in total. The molecule has 2 aromatic carbocycles. The number of rotatable bonds is 5. The first-order valence-electron chi connectivity index (χ1n) is 8.71. The van der Waals surface area contributed by atoms with E-state index in [1.807, 2.05) is 59.5 Å². The van der Waals surface area contributed by atoms with Crippen LogP contribution in [0.25, 0.3) is 11.0 Å². The van der Waals surface area contributed by atoms with Crippen LogP contribution in [0.2, 0.25) is 0 Å². The summed E-state index contributed by atoms with van der Waals surface area (Å²) in [6.07, 6.45) is 2.06. The molecule has 5 heteroatoms. The van der Waals surface area contributed by atoms with Gasteiger partial charge in [0.25, 0.3) is 0 Å². The Morgan fingerprint density at radius 1 is 1.16 bits per heavy atom. The number of aromatic amines is 1. The number of imidazole rings is 1. The number of para-hydroxylation sites is 3. The van der Waals surface area contributed by atoms with Gasteiger partial charge < -0.3 is 14.6 Å². The predicted molar refractivity (Wildman–Crippen MR) is 96.5 cm³/mol. The fourth-order valence-electron chi connectivity index (χ4n) is 3.25. The fourth-order valence-corrected chi connectivity index (χ4v) is 3.25. The molecular weight excluding hydrogens is 314 g/mol. The van der Waals surface area contributed by atoms with Crippen LogP contribution in [0.1, 0.15) is 18.7 Å². The smallest absolute Gasteiger partial charge is 0.223 e. The summed E-state index contributed by atoms with van der Waals surface area (Å²) in [6, 6.07) is 17.7. The number of benzene rings is 2. The first-order valence-corrected chi connectivity index (χ1v) is 8.71. The first-order chi connectivity index (χ1) is 12.3. The van der Waals surface area contributed by atoms with Gasteiger partial charge in [-0.3, -0.25) is 4.79 Å². The number of nitrogens with zero attached hydrogens (tertiary/aromatic N) is 2. The highest BCUT2D eigenvalue weighted by molar-refractivity contribution is 5.77. The zero-order valence-corrected chi connectivity index (χ0v) is 14.0. The highest BCUT2D eigenvalue weighted by atomic mass is 16.5. The molecule has 0 bridgehead atoms. The monoisotopic (exact) mass is 335 g/mol. The summed E-state index contributed by atoms with van der Waals surface area (Å²) in [5, 5.41) is 0. The van der Waals surface area contributed by atoms with Crippen LogP contribution in [-0.4, -0.2) is 40.0 Å². The number of aromatic nitrogens is 2. The molecule has 4 rings (SSSR count). The van der Waals surface area contributed by atoms with Crippen molar-refractivity contribution in [3.8, 4) is 5.75 Å². The van der Waals surface area contributed by atoms with E-state index >= 15 is 0 Å². The quantitative estimate of drug-likeness (QED) is 0.779. The Labute approximate surface area is 146 Å². The van der Waals surface area contributed by atoms with Crippen molar-refractivity contribution in [3.05, 3.63) is 60.4 Å². The Morgan fingerprint density at radius 3 is 2.80 bits per heavy atom. The van der Waals surface area contributed by atoms with E-state index in [-0.39, 0.29) is 12.0 Å². The number of likely N-dealkylation sites (tertiary alicyclic amines) is 1. The summed E-state index contributed by atoms with van der Waals surface area (Å²) in [5.74, 6) is 1.90. The first kappa shape index (κ1) is 15.7. The van der Waals surface area contributed by atoms with Crippen LogP contribution in [-0.2, 0) is 11.2 Å². The SMILES string of the molecule is O=C(CCc1nc2ccccc2[nH]1)N1CCC(Oc2ccccc2)C1. The van der Waals surface area contributed by atoms with E-state index in [0.29, 0.717) is 19.4 Å². The maximum atomic E-state index is 12.5. The molecule has 1 aliphatic heterocycles. The van der Waals surface area contributed by atoms with Crippen LogP contribution >= 0.6 is 0 Å². The number of fused-ring (bicyclic) bond motifs is 1. The number of hydrogen-bond acceptors (Lipinski definition) is 3. The third-order valence-electron chi connectivity index (χ3n) is 4.56. The number of aryl methyl sites for hydroxylation is 1. The van der Waals surface area contributed by atoms with Crippen LogP contribution < -0.4 is 4.74 Å². The van der Waals surface area contributed by atoms with Crippen molar-refractivity contribution in [2.75, 3.05) is 13.1 Å². The largest absolute Gasteiger partial charge is 0.489 e. The normalized spacial score (nSPS) is 17.1. The van der Waals surface area contributed by atoms with Gasteiger partial charge in [0, 0.05) is 25.8 Å². The van der Waals surface area contributed by atoms with Gasteiger partial charge in [-0.1, -0.05) is 30.3 Å². The molecule has 1 amide bonds. The zero-order chi connectivity index (χ0) is 17.1. The zero-order valence-electron chi connectivity index (χ0n) is 14.0. The minimum atomic E-state index is 0.0811. The second-order valence-electron chi connectivity index (χ2n) is 6.38. The molecular formula is C20H21N3O2. The Kier molecular flexibility index (Phi) is 4.37. The number of H-pyrrole nitrogens is 1. The van der Waals surface area contributed by atoms with E-state index in [9.17, 15) is 4.79 Å². The van der Waals surface area contributed by atoms with Gasteiger partial charge in [0.15, 0.2) is 0 Å². The van der Waals surface area contributed by atoms with Crippen molar-refractivity contribution in [2.24, 2.45) is 0 Å². The van der Waals surface area contributed by atoms with Crippen molar-refractivity contribution in [1.29, 1.82) is 0 Å². The van der Waals surface area contributed by atoms with Crippen LogP contribution in [0.4, 0.5) is 0 Å². The van der Waals surface area contributed by atoms with Gasteiger partial charge in [-0.15, -0.1) is 0 Å². The van der Waals surface area contributed by atoms with Crippen molar-refractivity contribution < 1.29 is 9.53 Å². The highest BCUT2D eigenvalue weighted by Crippen LogP contribution is 2.19. The number of carbonyl (C=O) groups excluding carboxylic acids is 1. The van der Waals surface area contributed by atoms with Gasteiger partial charge in [-0.2, -0.15) is 0 Å². The molecule has 5 nitrogen and oxygen atoms in total. The topological polar surface area (TPSA) is 58.2 Å². The lowest BCUT2D eigenvalue weighted by Crippen LogP contribution is -2.31. The van der Waals surface area contributed by atoms with Crippen LogP contribution in [0.3, 0.4) is 0 Å². The molecule has 25 heavy (non-hydrogen) atoms. The maximum absolute atomic E-state index is 12.5. The summed E-state index contributed by atoms with van der Waals surface area (Å²) >= 11 is 0. The average Bonchev–Trinajstić information content (AvgIpc) is 3.27. The second kappa shape index (κ2) is 6.97. The molecule has 1 saturated heterocycles. The third kappa shape index (κ3) is 3.65. The van der Waals surface area contributed by atoms with E-state index in [2.05, 4.69) is 9.97 Å². The summed E-state index contributed by atoms with van der Waals surface area (Å²) in [5.41, 5.74) is 1.96. The molecule has 0 saturated carbocycles. The molecule has 1 aromatic heterocycles. The highest BCUT2D eigenvalue weighted by Gasteiger charge is 2.27. The number of hydrogen-bond donors (Lipinski definition) is 1. The molecule has 1 unspecified atom stereocenters. The van der Waals surface area contributed by atoms with Crippen molar-refractivity contribution in [3.63, 3.8) is 0 Å². The number of amides is 1. The molecule has 1 fully saturated rings. The van der Waals surface area contributed by atoms with Crippen LogP contribution in [0.5, 0.6) is 5.75 Å². The van der Waals surface area contributed by atoms with E-state index in [1.54, 1.807) is 0 Å². The van der Waals surface area contributed by atoms with Crippen LogP contribution in [0.15, 0.2) is 54.6 Å². The summed E-state index contributed by atoms with van der Waals surface area (Å²) in [4.78, 5) is 22.2. The second-order valence-corrected chi connectivity index (χ2v) is 6.38. The van der Waals surface area contributed by atoms with Gasteiger partial charge >= 0.3 is 0 Å². The molecule has 1 aliphatic rings. The fraction of sp³-hybridized carbons (Fsp3) is 0.300. The summed E-state index contributed by atoms with van der Waals surface area (Å²) in [6.45, 7) is 1.42. The van der Waals surface area contributed by atoms with E-state index < -0.39 is 0 Å². The molecule has 0 radical (unpaired) electrons. The molecule has 2 heterocycles. The standard InChI is InChI=1S/C20H21N3O2/c24-20(11-10-19-21-17-8-4-5-9-18(17)22-19)23-13-12-16(14-23)25-15-6-2-1-3-7-15/h1-9,16H,10-14H2,(H,21,22). The molecule has 0 aliphatic carbocycles. The molecule has 128 valence electrons. The minimum Gasteiger partial charge on any atom is -0.489 e. The Balaban J connectivity index is 1.30. The summed E-state index contributed by atoms with van der Waals surface area (Å²) in [7, 11) is 0. The Hall–Kier alpha value is -2.82. The summed E-state index contributed by atoms with van der Waals surface area (Å²) < 4.78 is 5.95. The molecule has 3 aromatic rings. The average molecular weight is 335 g/mol. The maximum Gasteiger partial charge on any atom is 0.223 e. The van der Waals surface area contributed by atoms with Crippen LogP contribution in [0, 0.1) is 0 Å². The lowest BCUT2D eigenvalue weighted by Gasteiger charge is -2.17. The lowest BCUT2D eigenvalue weighted by molar-refractivity contribution is -0.130. The number of ether oxygens (including phenoxy) is 1. The van der Waals surface area contributed by atoms with Crippen molar-refractivity contribution in [1.82, 2.24) is 14.9 Å². The van der Waals surface area contributed by atoms with Gasteiger partial charge in [-0.05, 0) is 24.3 Å². The predicted octanol–water partition coefficient (Wildman–Crippen LogP) is 3.18. The van der Waals surface area contributed by atoms with E-state index in [4.69, 9.17) is 4.74 Å². The number of carbonyl (C=O) groups is 1. The van der Waals surface area contributed by atoms with Gasteiger partial charge in [0.05, 0.1) is 17.6 Å². The third-order valence-corrected chi connectivity index (χ3v) is 4.56. The van der Waals surface area contributed by atoms with Gasteiger partial charge in [-0.25, -0.2) is 4.98 Å². The Morgan fingerprint density at radius 2 is 1.96 bits per heavy atom. The van der Waals surface area contributed by atoms with Gasteiger partial charge in [0.1, 0.15) is 17.7 Å². The van der Waals surface area contributed by atoms with Crippen molar-refractivity contribution >= 4 is 16.9 Å². The van der Waals surface area contributed by atoms with Crippen molar-refractivity contribution in [2.45, 2.75) is 25.4 Å². The molecule has 1 atom stereocenters. The minimum absolute atomic E-state index is 0.0811. The molecule has 0 spiro atoms. The lowest BCUT2D eigenvalue weighted by atomic mass is 10.2. The Bertz CT molecular complexity index is 827.